The Morgan fingerprint density at radius 1 is 1.14 bits per heavy atom. The SMILES string of the molecule is C=C(Nc1cc(C(C)(C)C)cc(N)c1OC)OC(C)(C)C. The zero-order valence-electron chi connectivity index (χ0n) is 14.3. The molecule has 0 amide bonds. The number of anilines is 2. The average molecular weight is 292 g/mol. The van der Waals surface area contributed by atoms with E-state index in [9.17, 15) is 0 Å². The molecule has 0 aliphatic rings. The van der Waals surface area contributed by atoms with Gasteiger partial charge in [-0.2, -0.15) is 0 Å². The Kier molecular flexibility index (Phi) is 4.82. The topological polar surface area (TPSA) is 56.5 Å². The second kappa shape index (κ2) is 5.88. The molecule has 1 aromatic rings. The molecule has 1 rings (SSSR count). The first-order valence-electron chi connectivity index (χ1n) is 7.07. The van der Waals surface area contributed by atoms with Crippen molar-refractivity contribution in [3.63, 3.8) is 0 Å². The number of nitrogens with one attached hydrogen (secondary N) is 1. The van der Waals surface area contributed by atoms with Crippen LogP contribution in [0.2, 0.25) is 0 Å². The first kappa shape index (κ1) is 17.2. The van der Waals surface area contributed by atoms with Crippen molar-refractivity contribution < 1.29 is 9.47 Å². The Hall–Kier alpha value is -1.84. The van der Waals surface area contributed by atoms with E-state index in [4.69, 9.17) is 15.2 Å². The minimum Gasteiger partial charge on any atom is -0.492 e. The summed E-state index contributed by atoms with van der Waals surface area (Å²) in [5, 5.41) is 3.15. The molecule has 118 valence electrons. The second-order valence-corrected chi connectivity index (χ2v) is 7.16. The molecule has 0 aromatic heterocycles. The van der Waals surface area contributed by atoms with Gasteiger partial charge in [-0.25, -0.2) is 0 Å². The lowest BCUT2D eigenvalue weighted by molar-refractivity contribution is 0.0564. The molecule has 0 saturated heterocycles. The zero-order valence-corrected chi connectivity index (χ0v) is 14.3. The highest BCUT2D eigenvalue weighted by Crippen LogP contribution is 2.37. The normalized spacial score (nSPS) is 12.0. The van der Waals surface area contributed by atoms with Crippen molar-refractivity contribution in [1.82, 2.24) is 0 Å². The quantitative estimate of drug-likeness (QED) is 0.642. The molecule has 0 unspecified atom stereocenters. The molecule has 0 radical (unpaired) electrons. The van der Waals surface area contributed by atoms with E-state index in [-0.39, 0.29) is 11.0 Å². The van der Waals surface area contributed by atoms with Crippen molar-refractivity contribution in [2.45, 2.75) is 52.6 Å². The third kappa shape index (κ3) is 4.88. The molecule has 0 spiro atoms. The van der Waals surface area contributed by atoms with Crippen LogP contribution in [0.4, 0.5) is 11.4 Å². The number of ether oxygens (including phenoxy) is 2. The predicted octanol–water partition coefficient (Wildman–Crippen LogP) is 4.27. The van der Waals surface area contributed by atoms with Crippen molar-refractivity contribution >= 4 is 11.4 Å². The molecule has 0 aliphatic heterocycles. The lowest BCUT2D eigenvalue weighted by atomic mass is 9.86. The van der Waals surface area contributed by atoms with Crippen LogP contribution in [0.1, 0.15) is 47.1 Å². The lowest BCUT2D eigenvalue weighted by Gasteiger charge is -2.26. The van der Waals surface area contributed by atoms with Crippen LogP contribution in [-0.2, 0) is 10.2 Å². The number of hydrogen-bond acceptors (Lipinski definition) is 4. The summed E-state index contributed by atoms with van der Waals surface area (Å²) in [4.78, 5) is 0. The Morgan fingerprint density at radius 3 is 2.14 bits per heavy atom. The third-order valence-electron chi connectivity index (χ3n) is 2.89. The molecule has 0 fully saturated rings. The van der Waals surface area contributed by atoms with Crippen LogP contribution < -0.4 is 15.8 Å². The van der Waals surface area contributed by atoms with Gasteiger partial charge in [0.25, 0.3) is 0 Å². The summed E-state index contributed by atoms with van der Waals surface area (Å²) in [6.45, 7) is 16.2. The van der Waals surface area contributed by atoms with E-state index in [0.29, 0.717) is 17.3 Å². The molecule has 3 N–H and O–H groups in total. The van der Waals surface area contributed by atoms with Gasteiger partial charge in [-0.3, -0.25) is 0 Å². The summed E-state index contributed by atoms with van der Waals surface area (Å²) in [6, 6.07) is 3.96. The molecule has 0 saturated carbocycles. The molecule has 0 aliphatic carbocycles. The molecule has 21 heavy (non-hydrogen) atoms. The van der Waals surface area contributed by atoms with Crippen LogP contribution >= 0.6 is 0 Å². The van der Waals surface area contributed by atoms with Crippen molar-refractivity contribution in [1.29, 1.82) is 0 Å². The summed E-state index contributed by atoms with van der Waals surface area (Å²) >= 11 is 0. The molecule has 1 aromatic carbocycles. The van der Waals surface area contributed by atoms with E-state index in [0.717, 1.165) is 11.3 Å². The molecule has 4 nitrogen and oxygen atoms in total. The number of methoxy groups -OCH3 is 1. The zero-order chi connectivity index (χ0) is 16.4. The fourth-order valence-electron chi connectivity index (χ4n) is 1.95. The lowest BCUT2D eigenvalue weighted by Crippen LogP contribution is -2.21. The van der Waals surface area contributed by atoms with Crippen LogP contribution in [0.15, 0.2) is 24.6 Å². The van der Waals surface area contributed by atoms with Gasteiger partial charge in [-0.15, -0.1) is 0 Å². The maximum atomic E-state index is 6.10. The Morgan fingerprint density at radius 2 is 1.71 bits per heavy atom. The monoisotopic (exact) mass is 292 g/mol. The maximum absolute atomic E-state index is 6.10. The van der Waals surface area contributed by atoms with Crippen molar-refractivity contribution in [3.8, 4) is 5.75 Å². The highest BCUT2D eigenvalue weighted by atomic mass is 16.5. The Balaban J connectivity index is 3.15. The van der Waals surface area contributed by atoms with E-state index in [2.05, 4.69) is 32.7 Å². The van der Waals surface area contributed by atoms with Gasteiger partial charge < -0.3 is 20.5 Å². The van der Waals surface area contributed by atoms with E-state index in [1.807, 2.05) is 32.9 Å². The van der Waals surface area contributed by atoms with E-state index in [1.165, 1.54) is 0 Å². The van der Waals surface area contributed by atoms with Gasteiger partial charge in [0.15, 0.2) is 11.6 Å². The van der Waals surface area contributed by atoms with Gasteiger partial charge in [0, 0.05) is 0 Å². The first-order valence-corrected chi connectivity index (χ1v) is 7.07. The minimum atomic E-state index is -0.315. The number of hydrogen-bond donors (Lipinski definition) is 2. The summed E-state index contributed by atoms with van der Waals surface area (Å²) < 4.78 is 11.1. The highest BCUT2D eigenvalue weighted by Gasteiger charge is 2.20. The third-order valence-corrected chi connectivity index (χ3v) is 2.89. The van der Waals surface area contributed by atoms with Crippen LogP contribution in [0.25, 0.3) is 0 Å². The summed E-state index contributed by atoms with van der Waals surface area (Å²) in [6.07, 6.45) is 0. The molecule has 0 heterocycles. The van der Waals surface area contributed by atoms with Gasteiger partial charge in [-0.1, -0.05) is 20.8 Å². The van der Waals surface area contributed by atoms with E-state index in [1.54, 1.807) is 7.11 Å². The molecule has 0 bridgehead atoms. The smallest absolute Gasteiger partial charge is 0.184 e. The van der Waals surface area contributed by atoms with Gasteiger partial charge in [-0.05, 0) is 50.5 Å². The van der Waals surface area contributed by atoms with Gasteiger partial charge in [0.2, 0.25) is 0 Å². The molecular weight excluding hydrogens is 264 g/mol. The van der Waals surface area contributed by atoms with E-state index < -0.39 is 0 Å². The first-order chi connectivity index (χ1) is 9.44. The fraction of sp³-hybridized carbons (Fsp3) is 0.529. The largest absolute Gasteiger partial charge is 0.492 e. The second-order valence-electron chi connectivity index (χ2n) is 7.16. The number of nitrogen functional groups attached to an aromatic ring is 1. The highest BCUT2D eigenvalue weighted by molar-refractivity contribution is 5.72. The predicted molar refractivity (Wildman–Crippen MR) is 89.7 cm³/mol. The van der Waals surface area contributed by atoms with E-state index >= 15 is 0 Å². The number of rotatable bonds is 4. The van der Waals surface area contributed by atoms with Gasteiger partial charge >= 0.3 is 0 Å². The summed E-state index contributed by atoms with van der Waals surface area (Å²) in [7, 11) is 1.60. The summed E-state index contributed by atoms with van der Waals surface area (Å²) in [5.41, 5.74) is 8.24. The summed E-state index contributed by atoms with van der Waals surface area (Å²) in [5.74, 6) is 1.06. The molecule has 0 atom stereocenters. The van der Waals surface area contributed by atoms with Crippen molar-refractivity contribution in [3.05, 3.63) is 30.2 Å². The average Bonchev–Trinajstić information content (AvgIpc) is 2.24. The van der Waals surface area contributed by atoms with Crippen LogP contribution in [0, 0.1) is 0 Å². The van der Waals surface area contributed by atoms with Crippen molar-refractivity contribution in [2.24, 2.45) is 0 Å². The molecule has 4 heteroatoms. The number of nitrogens with two attached hydrogens (primary N) is 1. The van der Waals surface area contributed by atoms with Gasteiger partial charge in [0.05, 0.1) is 18.5 Å². The standard InChI is InChI=1S/C17H28N2O2/c1-11(21-17(5,6)7)19-14-10-12(16(2,3)4)9-13(18)15(14)20-8/h9-10,19H,1,18H2,2-8H3. The van der Waals surface area contributed by atoms with Gasteiger partial charge in [0.1, 0.15) is 5.60 Å². The van der Waals surface area contributed by atoms with Crippen LogP contribution in [0.3, 0.4) is 0 Å². The number of benzene rings is 1. The maximum Gasteiger partial charge on any atom is 0.184 e. The van der Waals surface area contributed by atoms with Crippen LogP contribution in [0.5, 0.6) is 5.75 Å². The minimum absolute atomic E-state index is 0.0109. The fourth-order valence-corrected chi connectivity index (χ4v) is 1.95. The van der Waals surface area contributed by atoms with Crippen LogP contribution in [-0.4, -0.2) is 12.7 Å². The van der Waals surface area contributed by atoms with Crippen molar-refractivity contribution in [2.75, 3.05) is 18.2 Å². The molecular formula is C17H28N2O2. The Bertz CT molecular complexity index is 523. The Labute approximate surface area is 128 Å².